The fraction of sp³-hybridized carbons (Fsp3) is 0.308. The fourth-order valence-corrected chi connectivity index (χ4v) is 6.97. The second-order valence-corrected chi connectivity index (χ2v) is 11.0. The van der Waals surface area contributed by atoms with Gasteiger partial charge >= 0.3 is 0 Å². The molecule has 1 saturated carbocycles. The predicted molar refractivity (Wildman–Crippen MR) is 133 cm³/mol. The first-order chi connectivity index (χ1) is 17.0. The highest BCUT2D eigenvalue weighted by molar-refractivity contribution is 7.98. The zero-order valence-electron chi connectivity index (χ0n) is 18.7. The summed E-state index contributed by atoms with van der Waals surface area (Å²) in [6.45, 7) is 0.748. The minimum Gasteiger partial charge on any atom is -0.502 e. The third-order valence-electron chi connectivity index (χ3n) is 7.51. The Labute approximate surface area is 210 Å². The minimum atomic E-state index is -0.576. The van der Waals surface area contributed by atoms with Crippen LogP contribution < -0.4 is 10.4 Å². The van der Waals surface area contributed by atoms with Gasteiger partial charge in [0, 0.05) is 33.5 Å². The maximum Gasteiger partial charge on any atom is 0.278 e. The maximum absolute atomic E-state index is 13.7. The first-order valence-electron chi connectivity index (χ1n) is 11.6. The van der Waals surface area contributed by atoms with Crippen molar-refractivity contribution in [1.82, 2.24) is 9.58 Å². The summed E-state index contributed by atoms with van der Waals surface area (Å²) in [7, 11) is 0. The summed E-state index contributed by atoms with van der Waals surface area (Å²) < 4.78 is 7.95. The Bertz CT molecular complexity index is 1450. The van der Waals surface area contributed by atoms with E-state index >= 15 is 0 Å². The molecule has 35 heavy (non-hydrogen) atoms. The standard InChI is InChI=1S/C26H22ClN3O4S/c27-17-6-3-4-15-13-35-19-7-2-1-5-16(19)22(21(15)17)30-20-12-34-26(9-10-26)14-28(20)25(33)23-24(32)18(31)8-11-29(23)30/h1-8,11,20,22,32H,9-10,12-14H2/t20-,22-/m1/s1. The lowest BCUT2D eigenvalue weighted by atomic mass is 9.93. The Morgan fingerprint density at radius 3 is 2.74 bits per heavy atom. The van der Waals surface area contributed by atoms with Crippen molar-refractivity contribution in [3.8, 4) is 5.75 Å². The third kappa shape index (κ3) is 3.09. The van der Waals surface area contributed by atoms with Gasteiger partial charge < -0.3 is 14.7 Å². The van der Waals surface area contributed by atoms with Gasteiger partial charge in [0.15, 0.2) is 11.4 Å². The Kier molecular flexibility index (Phi) is 4.59. The summed E-state index contributed by atoms with van der Waals surface area (Å²) in [5, 5.41) is 13.5. The van der Waals surface area contributed by atoms with Crippen LogP contribution in [0.1, 0.15) is 46.1 Å². The summed E-state index contributed by atoms with van der Waals surface area (Å²) in [6, 6.07) is 15.1. The van der Waals surface area contributed by atoms with Crippen molar-refractivity contribution in [2.24, 2.45) is 0 Å². The van der Waals surface area contributed by atoms with Crippen LogP contribution in [0.15, 0.2) is 64.4 Å². The number of amides is 1. The van der Waals surface area contributed by atoms with E-state index in [0.717, 1.165) is 40.2 Å². The minimum absolute atomic E-state index is 0.0190. The van der Waals surface area contributed by atoms with Gasteiger partial charge in [-0.1, -0.05) is 41.9 Å². The zero-order valence-corrected chi connectivity index (χ0v) is 20.3. The normalized spacial score (nSPS) is 23.7. The average Bonchev–Trinajstić information content (AvgIpc) is 3.64. The summed E-state index contributed by atoms with van der Waals surface area (Å²) in [6.07, 6.45) is 2.93. The number of carbonyl (C=O) groups excluding carboxylic acids is 1. The first-order valence-corrected chi connectivity index (χ1v) is 13.0. The van der Waals surface area contributed by atoms with E-state index in [1.807, 2.05) is 24.3 Å². The van der Waals surface area contributed by atoms with Gasteiger partial charge in [-0.25, -0.2) is 0 Å². The number of pyridine rings is 1. The summed E-state index contributed by atoms with van der Waals surface area (Å²) in [5.74, 6) is -0.133. The third-order valence-corrected chi connectivity index (χ3v) is 8.98. The van der Waals surface area contributed by atoms with E-state index < -0.39 is 17.3 Å². The van der Waals surface area contributed by atoms with Gasteiger partial charge in [-0.3, -0.25) is 19.3 Å². The molecule has 0 unspecified atom stereocenters. The van der Waals surface area contributed by atoms with E-state index in [1.54, 1.807) is 27.5 Å². The molecule has 1 aliphatic carbocycles. The molecule has 9 heteroatoms. The Hall–Kier alpha value is -2.94. The van der Waals surface area contributed by atoms with Crippen LogP contribution in [0.25, 0.3) is 0 Å². The number of halogens is 1. The molecule has 7 rings (SSSR count). The number of morpholine rings is 1. The van der Waals surface area contributed by atoms with E-state index in [2.05, 4.69) is 23.2 Å². The molecule has 4 aliphatic rings. The Morgan fingerprint density at radius 1 is 1.09 bits per heavy atom. The van der Waals surface area contributed by atoms with Gasteiger partial charge in [-0.05, 0) is 36.1 Å². The zero-order chi connectivity index (χ0) is 23.9. The van der Waals surface area contributed by atoms with Crippen molar-refractivity contribution >= 4 is 29.3 Å². The van der Waals surface area contributed by atoms with Gasteiger partial charge in [-0.2, -0.15) is 0 Å². The van der Waals surface area contributed by atoms with Crippen LogP contribution in [0.5, 0.6) is 5.75 Å². The largest absolute Gasteiger partial charge is 0.502 e. The molecule has 1 aromatic heterocycles. The number of hydrogen-bond acceptors (Lipinski definition) is 6. The van der Waals surface area contributed by atoms with Gasteiger partial charge in [-0.15, -0.1) is 11.8 Å². The highest BCUT2D eigenvalue weighted by Gasteiger charge is 2.55. The van der Waals surface area contributed by atoms with Crippen molar-refractivity contribution in [2.75, 3.05) is 18.2 Å². The molecule has 4 heterocycles. The smallest absolute Gasteiger partial charge is 0.278 e. The van der Waals surface area contributed by atoms with Crippen molar-refractivity contribution in [1.29, 1.82) is 0 Å². The van der Waals surface area contributed by atoms with E-state index in [4.69, 9.17) is 16.3 Å². The van der Waals surface area contributed by atoms with Crippen molar-refractivity contribution in [2.45, 2.75) is 41.3 Å². The number of carbonyl (C=O) groups is 1. The maximum atomic E-state index is 13.7. The van der Waals surface area contributed by atoms with Gasteiger partial charge in [0.25, 0.3) is 5.91 Å². The number of aromatic nitrogens is 1. The highest BCUT2D eigenvalue weighted by atomic mass is 35.5. The number of hydrogen-bond donors (Lipinski definition) is 1. The molecule has 7 nitrogen and oxygen atoms in total. The Morgan fingerprint density at radius 2 is 1.91 bits per heavy atom. The molecule has 1 amide bonds. The highest BCUT2D eigenvalue weighted by Crippen LogP contribution is 2.49. The molecule has 1 N–H and O–H groups in total. The topological polar surface area (TPSA) is 75.0 Å². The summed E-state index contributed by atoms with van der Waals surface area (Å²) in [5.41, 5.74) is 2.19. The number of rotatable bonds is 1. The van der Waals surface area contributed by atoms with Crippen LogP contribution in [0.2, 0.25) is 5.02 Å². The molecule has 178 valence electrons. The fourth-order valence-electron chi connectivity index (χ4n) is 5.59. The molecular weight excluding hydrogens is 486 g/mol. The summed E-state index contributed by atoms with van der Waals surface area (Å²) >= 11 is 8.63. The van der Waals surface area contributed by atoms with Crippen LogP contribution in [0, 0.1) is 0 Å². The molecule has 0 radical (unpaired) electrons. The quantitative estimate of drug-likeness (QED) is 0.538. The van der Waals surface area contributed by atoms with Crippen LogP contribution in [0.4, 0.5) is 0 Å². The molecule has 1 spiro atoms. The molecule has 2 fully saturated rings. The molecule has 1 saturated heterocycles. The lowest BCUT2D eigenvalue weighted by Crippen LogP contribution is -2.68. The van der Waals surface area contributed by atoms with Crippen LogP contribution in [-0.4, -0.2) is 45.5 Å². The predicted octanol–water partition coefficient (Wildman–Crippen LogP) is 3.89. The van der Waals surface area contributed by atoms with E-state index in [1.165, 1.54) is 6.07 Å². The van der Waals surface area contributed by atoms with Crippen molar-refractivity contribution < 1.29 is 14.6 Å². The number of thioether (sulfide) groups is 1. The van der Waals surface area contributed by atoms with Gasteiger partial charge in [0.2, 0.25) is 5.43 Å². The number of ether oxygens (including phenoxy) is 1. The summed E-state index contributed by atoms with van der Waals surface area (Å²) in [4.78, 5) is 29.0. The Balaban J connectivity index is 1.52. The first kappa shape index (κ1) is 21.4. The molecule has 0 bridgehead atoms. The van der Waals surface area contributed by atoms with Gasteiger partial charge in [0.05, 0.1) is 18.8 Å². The SMILES string of the molecule is O=C1c2c(O)c(=O)ccn2N([C@@H]2c3ccccc3SCc3cccc(Cl)c32)[C@@H]2COC3(CC3)CN12. The number of nitrogens with zero attached hydrogens (tertiary/aromatic N) is 3. The second kappa shape index (κ2) is 7.53. The molecule has 2 aromatic carbocycles. The second-order valence-electron chi connectivity index (χ2n) is 9.55. The van der Waals surface area contributed by atoms with E-state index in [0.29, 0.717) is 18.2 Å². The number of benzene rings is 2. The van der Waals surface area contributed by atoms with Crippen molar-refractivity contribution in [3.63, 3.8) is 0 Å². The van der Waals surface area contributed by atoms with Crippen LogP contribution >= 0.6 is 23.4 Å². The van der Waals surface area contributed by atoms with Crippen LogP contribution in [-0.2, 0) is 10.5 Å². The molecule has 2 atom stereocenters. The lowest BCUT2D eigenvalue weighted by Gasteiger charge is -2.53. The number of aromatic hydroxyl groups is 1. The molecule has 3 aromatic rings. The van der Waals surface area contributed by atoms with Gasteiger partial charge in [0.1, 0.15) is 12.2 Å². The van der Waals surface area contributed by atoms with Crippen LogP contribution in [0.3, 0.4) is 0 Å². The van der Waals surface area contributed by atoms with Crippen molar-refractivity contribution in [3.05, 3.63) is 92.4 Å². The van der Waals surface area contributed by atoms with E-state index in [-0.39, 0.29) is 23.2 Å². The molecule has 3 aliphatic heterocycles. The molecular formula is C26H22ClN3O4S. The van der Waals surface area contributed by atoms with E-state index in [9.17, 15) is 14.7 Å². The lowest BCUT2D eigenvalue weighted by molar-refractivity contribution is -0.0790. The average molecular weight is 508 g/mol. The monoisotopic (exact) mass is 507 g/mol. The number of fused-ring (bicyclic) bond motifs is 4.